The van der Waals surface area contributed by atoms with Crippen molar-refractivity contribution in [3.8, 4) is 0 Å². The molecule has 2 N–H and O–H groups in total. The van der Waals surface area contributed by atoms with Crippen LogP contribution < -0.4 is 10.6 Å². The monoisotopic (exact) mass is 482 g/mol. The summed E-state index contributed by atoms with van der Waals surface area (Å²) >= 11 is 12.3. The molecule has 1 aromatic heterocycles. The van der Waals surface area contributed by atoms with E-state index < -0.39 is 24.2 Å². The molecule has 5 nitrogen and oxygen atoms in total. The summed E-state index contributed by atoms with van der Waals surface area (Å²) in [5, 5.41) is 10.0. The van der Waals surface area contributed by atoms with Gasteiger partial charge in [0.1, 0.15) is 10.8 Å². The molecule has 0 fully saturated rings. The lowest BCUT2D eigenvalue weighted by Gasteiger charge is -2.33. The molecule has 3 atom stereocenters. The van der Waals surface area contributed by atoms with E-state index in [1.54, 1.807) is 31.2 Å². The summed E-state index contributed by atoms with van der Waals surface area (Å²) in [5.41, 5.74) is 1.20. The fourth-order valence-corrected chi connectivity index (χ4v) is 4.13. The van der Waals surface area contributed by atoms with Crippen LogP contribution in [-0.2, 0) is 0 Å². The van der Waals surface area contributed by atoms with Crippen LogP contribution >= 0.6 is 23.2 Å². The summed E-state index contributed by atoms with van der Waals surface area (Å²) in [6.07, 6.45) is -4.89. The summed E-state index contributed by atoms with van der Waals surface area (Å²) in [6.45, 7) is 1.77. The summed E-state index contributed by atoms with van der Waals surface area (Å²) in [6, 6.07) is 12.7. The highest BCUT2D eigenvalue weighted by Gasteiger charge is 2.47. The Balaban J connectivity index is 1.66. The minimum Gasteiger partial charge on any atom is -0.362 e. The van der Waals surface area contributed by atoms with Gasteiger partial charge in [0.2, 0.25) is 0 Å². The van der Waals surface area contributed by atoms with E-state index in [0.717, 1.165) is 10.2 Å². The smallest absolute Gasteiger partial charge is 0.362 e. The molecular weight excluding hydrogens is 464 g/mol. The van der Waals surface area contributed by atoms with Crippen molar-refractivity contribution < 1.29 is 18.0 Å². The number of anilines is 1. The Labute approximate surface area is 192 Å². The van der Waals surface area contributed by atoms with Crippen LogP contribution in [0.25, 0.3) is 0 Å². The number of hydrogen-bond donors (Lipinski definition) is 2. The number of amides is 1. The van der Waals surface area contributed by atoms with Gasteiger partial charge in [-0.3, -0.25) is 4.79 Å². The van der Waals surface area contributed by atoms with E-state index in [-0.39, 0.29) is 29.0 Å². The Kier molecular flexibility index (Phi) is 6.09. The summed E-state index contributed by atoms with van der Waals surface area (Å²) in [4.78, 5) is 12.8. The Morgan fingerprint density at radius 1 is 1.16 bits per heavy atom. The van der Waals surface area contributed by atoms with Gasteiger partial charge >= 0.3 is 6.18 Å². The zero-order chi connectivity index (χ0) is 23.0. The van der Waals surface area contributed by atoms with E-state index in [0.29, 0.717) is 10.6 Å². The molecule has 0 saturated carbocycles. The highest BCUT2D eigenvalue weighted by Crippen LogP contribution is 2.46. The molecule has 0 aliphatic carbocycles. The van der Waals surface area contributed by atoms with Crippen LogP contribution in [0.4, 0.5) is 19.0 Å². The van der Waals surface area contributed by atoms with Crippen LogP contribution in [0.2, 0.25) is 10.0 Å². The molecule has 10 heteroatoms. The minimum atomic E-state index is -4.58. The average Bonchev–Trinajstić information content (AvgIpc) is 3.10. The predicted octanol–water partition coefficient (Wildman–Crippen LogP) is 6.34. The largest absolute Gasteiger partial charge is 0.410 e. The molecule has 3 aromatic rings. The number of alkyl halides is 3. The van der Waals surface area contributed by atoms with Crippen LogP contribution in [0, 0.1) is 0 Å². The summed E-state index contributed by atoms with van der Waals surface area (Å²) in [7, 11) is 0. The van der Waals surface area contributed by atoms with Gasteiger partial charge in [0.05, 0.1) is 12.1 Å². The number of nitrogens with one attached hydrogen (secondary N) is 2. The van der Waals surface area contributed by atoms with Crippen LogP contribution in [0.15, 0.2) is 54.6 Å². The number of carbonyl (C=O) groups is 1. The fraction of sp³-hybridized carbons (Fsp3) is 0.273. The van der Waals surface area contributed by atoms with Gasteiger partial charge in [-0.05, 0) is 30.2 Å². The highest BCUT2D eigenvalue weighted by atomic mass is 35.5. The molecule has 1 amide bonds. The average molecular weight is 483 g/mol. The second-order valence-electron chi connectivity index (χ2n) is 7.60. The van der Waals surface area contributed by atoms with Crippen LogP contribution in [0.5, 0.6) is 0 Å². The zero-order valence-electron chi connectivity index (χ0n) is 16.8. The van der Waals surface area contributed by atoms with E-state index >= 15 is 0 Å². The quantitative estimate of drug-likeness (QED) is 0.455. The van der Waals surface area contributed by atoms with Crippen molar-refractivity contribution in [3.63, 3.8) is 0 Å². The van der Waals surface area contributed by atoms with Gasteiger partial charge < -0.3 is 10.6 Å². The predicted molar refractivity (Wildman–Crippen MR) is 117 cm³/mol. The number of hydrogen-bond acceptors (Lipinski definition) is 3. The molecule has 0 saturated heterocycles. The lowest BCUT2D eigenvalue weighted by atomic mass is 9.97. The highest BCUT2D eigenvalue weighted by molar-refractivity contribution is 6.36. The van der Waals surface area contributed by atoms with Crippen LogP contribution in [-0.4, -0.2) is 21.9 Å². The second kappa shape index (κ2) is 8.67. The normalized spacial score (nSPS) is 19.1. The SMILES string of the molecule is C[C@H](NC(=O)c1nn2c(c1Cl)N[C@H](c1ccc(Cl)cc1)C[C@H]2C(F)(F)F)c1ccccc1. The molecule has 0 unspecified atom stereocenters. The molecule has 0 spiro atoms. The first-order valence-electron chi connectivity index (χ1n) is 9.87. The molecule has 1 aliphatic heterocycles. The molecule has 0 bridgehead atoms. The lowest BCUT2D eigenvalue weighted by molar-refractivity contribution is -0.173. The maximum Gasteiger partial charge on any atom is 0.410 e. The van der Waals surface area contributed by atoms with E-state index in [2.05, 4.69) is 15.7 Å². The number of aromatic nitrogens is 2. The molecule has 2 aromatic carbocycles. The van der Waals surface area contributed by atoms with Gasteiger partial charge in [-0.15, -0.1) is 0 Å². The number of rotatable bonds is 4. The number of fused-ring (bicyclic) bond motifs is 1. The molecule has 4 rings (SSSR count). The Morgan fingerprint density at radius 2 is 1.81 bits per heavy atom. The first kappa shape index (κ1) is 22.5. The third kappa shape index (κ3) is 4.42. The maximum absolute atomic E-state index is 13.9. The number of halogens is 5. The Bertz CT molecular complexity index is 1120. The standard InChI is InChI=1S/C22H19Cl2F3N4O/c1-12(13-5-3-2-4-6-13)28-21(32)19-18(24)20-29-16(14-7-9-15(23)10-8-14)11-17(22(25,26)27)31(20)30-19/h2-10,12,16-17,29H,11H2,1H3,(H,28,32)/t12-,16-,17-/m0/s1. The Morgan fingerprint density at radius 3 is 2.44 bits per heavy atom. The van der Waals surface area contributed by atoms with Gasteiger partial charge in [0.15, 0.2) is 11.7 Å². The molecular formula is C22H19Cl2F3N4O. The fourth-order valence-electron chi connectivity index (χ4n) is 3.74. The van der Waals surface area contributed by atoms with E-state index in [1.807, 2.05) is 30.3 Å². The first-order chi connectivity index (χ1) is 15.1. The molecule has 0 radical (unpaired) electrons. The van der Waals surface area contributed by atoms with Gasteiger partial charge in [0, 0.05) is 11.4 Å². The molecule has 1 aliphatic rings. The second-order valence-corrected chi connectivity index (χ2v) is 8.42. The maximum atomic E-state index is 13.9. The van der Waals surface area contributed by atoms with Crippen molar-refractivity contribution in [1.82, 2.24) is 15.1 Å². The van der Waals surface area contributed by atoms with Crippen molar-refractivity contribution in [2.24, 2.45) is 0 Å². The van der Waals surface area contributed by atoms with E-state index in [1.165, 1.54) is 0 Å². The zero-order valence-corrected chi connectivity index (χ0v) is 18.3. The molecule has 168 valence electrons. The van der Waals surface area contributed by atoms with Gasteiger partial charge in [-0.1, -0.05) is 65.7 Å². The van der Waals surface area contributed by atoms with E-state index in [4.69, 9.17) is 23.2 Å². The summed E-state index contributed by atoms with van der Waals surface area (Å²) in [5.74, 6) is -0.697. The van der Waals surface area contributed by atoms with Gasteiger partial charge in [0.25, 0.3) is 5.91 Å². The van der Waals surface area contributed by atoms with Gasteiger partial charge in [-0.25, -0.2) is 4.68 Å². The molecule has 2 heterocycles. The number of benzene rings is 2. The molecule has 32 heavy (non-hydrogen) atoms. The number of nitrogens with zero attached hydrogens (tertiary/aromatic N) is 2. The van der Waals surface area contributed by atoms with Crippen molar-refractivity contribution in [2.75, 3.05) is 5.32 Å². The van der Waals surface area contributed by atoms with Crippen molar-refractivity contribution in [3.05, 3.63) is 81.5 Å². The minimum absolute atomic E-state index is 0.0438. The third-order valence-corrected chi connectivity index (χ3v) is 6.04. The Hall–Kier alpha value is -2.71. The van der Waals surface area contributed by atoms with Crippen LogP contribution in [0.1, 0.15) is 53.1 Å². The third-order valence-electron chi connectivity index (χ3n) is 5.43. The lowest BCUT2D eigenvalue weighted by Crippen LogP contribution is -2.36. The summed E-state index contributed by atoms with van der Waals surface area (Å²) < 4.78 is 42.4. The van der Waals surface area contributed by atoms with Crippen molar-refractivity contribution >= 4 is 34.9 Å². The van der Waals surface area contributed by atoms with Crippen LogP contribution in [0.3, 0.4) is 0 Å². The first-order valence-corrected chi connectivity index (χ1v) is 10.6. The van der Waals surface area contributed by atoms with Crippen molar-refractivity contribution in [1.29, 1.82) is 0 Å². The number of carbonyl (C=O) groups excluding carboxylic acids is 1. The van der Waals surface area contributed by atoms with Gasteiger partial charge in [-0.2, -0.15) is 18.3 Å². The van der Waals surface area contributed by atoms with Crippen molar-refractivity contribution in [2.45, 2.75) is 37.6 Å². The topological polar surface area (TPSA) is 59.0 Å². The van der Waals surface area contributed by atoms with E-state index in [9.17, 15) is 18.0 Å².